The molecule has 0 atom stereocenters. The summed E-state index contributed by atoms with van der Waals surface area (Å²) in [6.45, 7) is 6.26. The van der Waals surface area contributed by atoms with Gasteiger partial charge in [-0.05, 0) is 64.6 Å². The first-order chi connectivity index (χ1) is 8.76. The molecule has 6 heteroatoms. The lowest BCUT2D eigenvalue weighted by atomic mass is 9.86. The fourth-order valence-electron chi connectivity index (χ4n) is 2.25. The van der Waals surface area contributed by atoms with Gasteiger partial charge in [-0.15, -0.1) is 0 Å². The summed E-state index contributed by atoms with van der Waals surface area (Å²) in [6.07, 6.45) is 3.87. The highest BCUT2D eigenvalue weighted by Gasteiger charge is 2.22. The molecule has 4 N–H and O–H groups in total. The van der Waals surface area contributed by atoms with Gasteiger partial charge in [0.1, 0.15) is 5.60 Å². The second kappa shape index (κ2) is 6.93. The molecule has 1 saturated carbocycles. The van der Waals surface area contributed by atoms with E-state index in [4.69, 9.17) is 22.7 Å². The molecule has 1 aliphatic carbocycles. The largest absolute Gasteiger partial charge is 0.444 e. The van der Waals surface area contributed by atoms with Crippen LogP contribution in [0.5, 0.6) is 0 Å². The highest BCUT2D eigenvalue weighted by atomic mass is 32.1. The fourth-order valence-corrected chi connectivity index (χ4v) is 2.42. The van der Waals surface area contributed by atoms with Crippen molar-refractivity contribution in [3.8, 4) is 0 Å². The number of hydrogen-bond donors (Lipinski definition) is 3. The number of carbonyl (C=O) groups is 1. The Kier molecular flexibility index (Phi) is 5.85. The van der Waals surface area contributed by atoms with Crippen molar-refractivity contribution in [1.82, 2.24) is 10.6 Å². The number of thiocarbonyl (C=S) groups is 1. The number of ether oxygens (including phenoxy) is 1. The summed E-state index contributed by atoms with van der Waals surface area (Å²) in [6, 6.07) is 0.385. The molecular weight excluding hydrogens is 262 g/mol. The Morgan fingerprint density at radius 3 is 2.37 bits per heavy atom. The number of nitrogens with one attached hydrogen (secondary N) is 2. The minimum Gasteiger partial charge on any atom is -0.444 e. The first-order valence-electron chi connectivity index (χ1n) is 6.79. The van der Waals surface area contributed by atoms with Crippen molar-refractivity contribution in [3.05, 3.63) is 0 Å². The second-order valence-corrected chi connectivity index (χ2v) is 6.55. The van der Waals surface area contributed by atoms with Crippen molar-refractivity contribution >= 4 is 23.4 Å². The lowest BCUT2D eigenvalue weighted by molar-refractivity contribution is 0.0514. The van der Waals surface area contributed by atoms with Crippen LogP contribution in [-0.2, 0) is 4.74 Å². The number of amides is 1. The molecule has 0 spiro atoms. The van der Waals surface area contributed by atoms with Gasteiger partial charge in [0.2, 0.25) is 0 Å². The van der Waals surface area contributed by atoms with Gasteiger partial charge in [0.05, 0.1) is 0 Å². The zero-order valence-corrected chi connectivity index (χ0v) is 12.8. The van der Waals surface area contributed by atoms with Crippen LogP contribution in [-0.4, -0.2) is 29.4 Å². The number of rotatable bonds is 3. The van der Waals surface area contributed by atoms with E-state index in [1.54, 1.807) is 0 Å². The summed E-state index contributed by atoms with van der Waals surface area (Å²) in [7, 11) is 0. The quantitative estimate of drug-likeness (QED) is 0.691. The highest BCUT2D eigenvalue weighted by Crippen LogP contribution is 2.23. The van der Waals surface area contributed by atoms with Crippen molar-refractivity contribution in [2.24, 2.45) is 11.7 Å². The zero-order chi connectivity index (χ0) is 14.5. The minimum absolute atomic E-state index is 0.337. The van der Waals surface area contributed by atoms with Crippen LogP contribution in [0.4, 0.5) is 4.79 Å². The molecule has 1 fully saturated rings. The molecule has 0 bridgehead atoms. The van der Waals surface area contributed by atoms with Gasteiger partial charge in [0.15, 0.2) is 5.11 Å². The van der Waals surface area contributed by atoms with E-state index in [0.717, 1.165) is 25.7 Å². The smallest absolute Gasteiger partial charge is 0.407 e. The van der Waals surface area contributed by atoms with Crippen molar-refractivity contribution < 1.29 is 9.53 Å². The lowest BCUT2D eigenvalue weighted by Gasteiger charge is -2.29. The maximum Gasteiger partial charge on any atom is 0.407 e. The van der Waals surface area contributed by atoms with Crippen LogP contribution >= 0.6 is 12.2 Å². The molecule has 0 aromatic rings. The van der Waals surface area contributed by atoms with E-state index in [1.165, 1.54) is 0 Å². The summed E-state index contributed by atoms with van der Waals surface area (Å²) in [4.78, 5) is 11.5. The van der Waals surface area contributed by atoms with Crippen molar-refractivity contribution in [1.29, 1.82) is 0 Å². The van der Waals surface area contributed by atoms with Gasteiger partial charge < -0.3 is 21.1 Å². The Balaban J connectivity index is 2.19. The van der Waals surface area contributed by atoms with Gasteiger partial charge in [-0.1, -0.05) is 0 Å². The SMILES string of the molecule is CC(C)(C)OC(=O)NC[C@H]1CC[C@H](NC(N)=S)CC1. The maximum atomic E-state index is 11.5. The molecule has 0 heterocycles. The number of alkyl carbamates (subject to hydrolysis) is 1. The van der Waals surface area contributed by atoms with Crippen LogP contribution in [0.25, 0.3) is 0 Å². The average molecular weight is 287 g/mol. The molecular formula is C13H25N3O2S. The van der Waals surface area contributed by atoms with Gasteiger partial charge >= 0.3 is 6.09 Å². The van der Waals surface area contributed by atoms with E-state index in [-0.39, 0.29) is 6.09 Å². The normalized spacial score (nSPS) is 23.5. The molecule has 0 radical (unpaired) electrons. The molecule has 1 amide bonds. The first-order valence-corrected chi connectivity index (χ1v) is 7.20. The standard InChI is InChI=1S/C13H25N3O2S/c1-13(2,3)18-12(17)15-8-9-4-6-10(7-5-9)16-11(14)19/h9-10H,4-8H2,1-3H3,(H,15,17)(H3,14,16,19)/t9-,10-. The molecule has 1 aliphatic rings. The molecule has 1 rings (SSSR count). The van der Waals surface area contributed by atoms with Crippen LogP contribution in [0.15, 0.2) is 0 Å². The maximum absolute atomic E-state index is 11.5. The van der Waals surface area contributed by atoms with E-state index < -0.39 is 5.60 Å². The van der Waals surface area contributed by atoms with Gasteiger partial charge in [0, 0.05) is 12.6 Å². The van der Waals surface area contributed by atoms with Gasteiger partial charge in [-0.3, -0.25) is 0 Å². The van der Waals surface area contributed by atoms with Gasteiger partial charge in [-0.2, -0.15) is 0 Å². The van der Waals surface area contributed by atoms with E-state index in [0.29, 0.717) is 23.6 Å². The molecule has 0 aromatic heterocycles. The summed E-state index contributed by atoms with van der Waals surface area (Å²) in [5.74, 6) is 0.511. The molecule has 110 valence electrons. The third kappa shape index (κ3) is 7.20. The molecule has 0 aliphatic heterocycles. The Bertz CT molecular complexity index is 320. The lowest BCUT2D eigenvalue weighted by Crippen LogP contribution is -2.42. The van der Waals surface area contributed by atoms with Crippen LogP contribution in [0.1, 0.15) is 46.5 Å². The predicted molar refractivity (Wildman–Crippen MR) is 79.9 cm³/mol. The van der Waals surface area contributed by atoms with E-state index in [2.05, 4.69) is 10.6 Å². The predicted octanol–water partition coefficient (Wildman–Crippen LogP) is 1.90. The molecule has 0 saturated heterocycles. The highest BCUT2D eigenvalue weighted by molar-refractivity contribution is 7.80. The minimum atomic E-state index is -0.442. The Hall–Kier alpha value is -1.04. The van der Waals surface area contributed by atoms with Crippen molar-refractivity contribution in [2.45, 2.75) is 58.1 Å². The average Bonchev–Trinajstić information content (AvgIpc) is 2.25. The Morgan fingerprint density at radius 2 is 1.89 bits per heavy atom. The van der Waals surface area contributed by atoms with Crippen LogP contribution in [0.2, 0.25) is 0 Å². The fraction of sp³-hybridized carbons (Fsp3) is 0.846. The molecule has 0 unspecified atom stereocenters. The van der Waals surface area contributed by atoms with E-state index in [9.17, 15) is 4.79 Å². The van der Waals surface area contributed by atoms with Crippen molar-refractivity contribution in [3.63, 3.8) is 0 Å². The summed E-state index contributed by atoms with van der Waals surface area (Å²) in [5, 5.41) is 6.30. The van der Waals surface area contributed by atoms with Gasteiger partial charge in [0.25, 0.3) is 0 Å². The zero-order valence-electron chi connectivity index (χ0n) is 12.0. The number of nitrogens with two attached hydrogens (primary N) is 1. The van der Waals surface area contributed by atoms with Crippen LogP contribution in [0, 0.1) is 5.92 Å². The Labute approximate surface area is 120 Å². The molecule has 19 heavy (non-hydrogen) atoms. The van der Waals surface area contributed by atoms with Crippen LogP contribution in [0.3, 0.4) is 0 Å². The Morgan fingerprint density at radius 1 is 1.32 bits per heavy atom. The first kappa shape index (κ1) is 16.0. The topological polar surface area (TPSA) is 76.4 Å². The van der Waals surface area contributed by atoms with E-state index in [1.807, 2.05) is 20.8 Å². The summed E-state index contributed by atoms with van der Waals surface area (Å²) < 4.78 is 5.21. The third-order valence-corrected chi connectivity index (χ3v) is 3.24. The third-order valence-electron chi connectivity index (χ3n) is 3.13. The number of carbonyl (C=O) groups excluding carboxylic acids is 1. The second-order valence-electron chi connectivity index (χ2n) is 6.11. The van der Waals surface area contributed by atoms with Crippen molar-refractivity contribution in [2.75, 3.05) is 6.54 Å². The number of hydrogen-bond acceptors (Lipinski definition) is 3. The molecule has 0 aromatic carbocycles. The van der Waals surface area contributed by atoms with Gasteiger partial charge in [-0.25, -0.2) is 4.79 Å². The molecule has 5 nitrogen and oxygen atoms in total. The monoisotopic (exact) mass is 287 g/mol. The van der Waals surface area contributed by atoms with Crippen LogP contribution < -0.4 is 16.4 Å². The summed E-state index contributed by atoms with van der Waals surface area (Å²) in [5.41, 5.74) is 5.02. The summed E-state index contributed by atoms with van der Waals surface area (Å²) >= 11 is 4.83. The van der Waals surface area contributed by atoms with E-state index >= 15 is 0 Å².